The maximum Gasteiger partial charge on any atom is 0.128 e. The van der Waals surface area contributed by atoms with Gasteiger partial charge in [0.15, 0.2) is 0 Å². The second-order valence-electron chi connectivity index (χ2n) is 4.63. The van der Waals surface area contributed by atoms with Gasteiger partial charge in [0.05, 0.1) is 5.71 Å². The highest BCUT2D eigenvalue weighted by Crippen LogP contribution is 2.28. The molecule has 0 atom stereocenters. The Morgan fingerprint density at radius 3 is 2.58 bits per heavy atom. The fraction of sp³-hybridized carbons (Fsp3) is 0.188. The summed E-state index contributed by atoms with van der Waals surface area (Å²) in [7, 11) is 0. The van der Waals surface area contributed by atoms with E-state index in [1.165, 1.54) is 5.56 Å². The first-order valence-corrected chi connectivity index (χ1v) is 6.44. The van der Waals surface area contributed by atoms with Gasteiger partial charge in [-0.05, 0) is 49.1 Å². The number of fused-ring (bicyclic) bond motifs is 1. The Hall–Kier alpha value is -2.29. The molecule has 3 nitrogen and oxygen atoms in total. The zero-order valence-corrected chi connectivity index (χ0v) is 10.5. The fourth-order valence-corrected chi connectivity index (χ4v) is 2.42. The van der Waals surface area contributed by atoms with Crippen LogP contribution >= 0.6 is 0 Å². The van der Waals surface area contributed by atoms with Crippen LogP contribution in [0, 0.1) is 0 Å². The Kier molecular flexibility index (Phi) is 3.19. The summed E-state index contributed by atoms with van der Waals surface area (Å²) in [5.74, 6) is 1.58. The molecule has 2 aromatic rings. The normalized spacial score (nSPS) is 16.1. The summed E-state index contributed by atoms with van der Waals surface area (Å²) in [6.45, 7) is 0. The van der Waals surface area contributed by atoms with Gasteiger partial charge in [-0.3, -0.25) is 0 Å². The summed E-state index contributed by atoms with van der Waals surface area (Å²) in [4.78, 5) is 0. The van der Waals surface area contributed by atoms with Gasteiger partial charge >= 0.3 is 0 Å². The van der Waals surface area contributed by atoms with E-state index in [-0.39, 0.29) is 0 Å². The molecular weight excluding hydrogens is 238 g/mol. The lowest BCUT2D eigenvalue weighted by atomic mass is 9.90. The molecule has 0 amide bonds. The van der Waals surface area contributed by atoms with Crippen LogP contribution in [0.25, 0.3) is 0 Å². The van der Waals surface area contributed by atoms with Crippen LogP contribution in [0.5, 0.6) is 11.5 Å². The maximum atomic E-state index is 9.07. The van der Waals surface area contributed by atoms with Crippen molar-refractivity contribution in [2.45, 2.75) is 19.3 Å². The molecule has 0 aromatic heterocycles. The second-order valence-corrected chi connectivity index (χ2v) is 4.63. The van der Waals surface area contributed by atoms with Crippen LogP contribution < -0.4 is 4.74 Å². The standard InChI is InChI=1S/C16H15NO2/c18-17-16-8-4-5-12-9-10-14(11-15(12)16)19-13-6-2-1-3-7-13/h1-3,6-7,9-11,18H,4-5,8H2/b17-16+. The number of rotatable bonds is 2. The van der Waals surface area contributed by atoms with E-state index < -0.39 is 0 Å². The molecule has 0 saturated heterocycles. The summed E-state index contributed by atoms with van der Waals surface area (Å²) < 4.78 is 5.80. The Bertz CT molecular complexity index is 605. The average molecular weight is 253 g/mol. The predicted molar refractivity (Wildman–Crippen MR) is 74.2 cm³/mol. The van der Waals surface area contributed by atoms with Crippen molar-refractivity contribution in [3.05, 3.63) is 59.7 Å². The molecule has 0 bridgehead atoms. The minimum atomic E-state index is 0.750. The Labute approximate surface area is 112 Å². The van der Waals surface area contributed by atoms with Crippen molar-refractivity contribution in [1.29, 1.82) is 0 Å². The first kappa shape index (κ1) is 11.8. The van der Waals surface area contributed by atoms with Gasteiger partial charge in [0.2, 0.25) is 0 Å². The summed E-state index contributed by atoms with van der Waals surface area (Å²) in [6.07, 6.45) is 2.88. The highest BCUT2D eigenvalue weighted by molar-refractivity contribution is 6.02. The molecule has 0 radical (unpaired) electrons. The first-order valence-electron chi connectivity index (χ1n) is 6.44. The number of ether oxygens (including phenoxy) is 1. The second kappa shape index (κ2) is 5.14. The minimum absolute atomic E-state index is 0.750. The lowest BCUT2D eigenvalue weighted by Gasteiger charge is -2.17. The lowest BCUT2D eigenvalue weighted by molar-refractivity contribution is 0.317. The fourth-order valence-electron chi connectivity index (χ4n) is 2.42. The topological polar surface area (TPSA) is 41.8 Å². The van der Waals surface area contributed by atoms with Crippen LogP contribution in [0.15, 0.2) is 53.7 Å². The van der Waals surface area contributed by atoms with Gasteiger partial charge in [0.25, 0.3) is 0 Å². The van der Waals surface area contributed by atoms with E-state index in [9.17, 15) is 0 Å². The van der Waals surface area contributed by atoms with Gasteiger partial charge in [-0.25, -0.2) is 0 Å². The molecule has 0 unspecified atom stereocenters. The third-order valence-corrected chi connectivity index (χ3v) is 3.35. The SMILES string of the molecule is O/N=C1\CCCc2ccc(Oc3ccccc3)cc21. The van der Waals surface area contributed by atoms with E-state index in [0.717, 1.165) is 42.0 Å². The number of para-hydroxylation sites is 1. The number of oxime groups is 1. The third kappa shape index (κ3) is 2.45. The zero-order chi connectivity index (χ0) is 13.1. The monoisotopic (exact) mass is 253 g/mol. The van der Waals surface area contributed by atoms with Crippen LogP contribution in [0.2, 0.25) is 0 Å². The number of hydrogen-bond donors (Lipinski definition) is 1. The number of benzene rings is 2. The predicted octanol–water partition coefficient (Wildman–Crippen LogP) is 3.99. The van der Waals surface area contributed by atoms with Crippen molar-refractivity contribution >= 4 is 5.71 Å². The highest BCUT2D eigenvalue weighted by Gasteiger charge is 2.16. The van der Waals surface area contributed by atoms with E-state index in [2.05, 4.69) is 11.2 Å². The van der Waals surface area contributed by atoms with Crippen molar-refractivity contribution in [2.75, 3.05) is 0 Å². The van der Waals surface area contributed by atoms with E-state index >= 15 is 0 Å². The Balaban J connectivity index is 1.92. The largest absolute Gasteiger partial charge is 0.457 e. The van der Waals surface area contributed by atoms with E-state index in [1.807, 2.05) is 42.5 Å². The van der Waals surface area contributed by atoms with E-state index in [0.29, 0.717) is 0 Å². The third-order valence-electron chi connectivity index (χ3n) is 3.35. The quantitative estimate of drug-likeness (QED) is 0.649. The van der Waals surface area contributed by atoms with Gasteiger partial charge in [-0.15, -0.1) is 0 Å². The number of nitrogens with zero attached hydrogens (tertiary/aromatic N) is 1. The summed E-state index contributed by atoms with van der Waals surface area (Å²) in [5.41, 5.74) is 2.97. The lowest BCUT2D eigenvalue weighted by Crippen LogP contribution is -2.11. The summed E-state index contributed by atoms with van der Waals surface area (Å²) >= 11 is 0. The molecule has 0 fully saturated rings. The van der Waals surface area contributed by atoms with Crippen molar-refractivity contribution in [2.24, 2.45) is 5.16 Å². The van der Waals surface area contributed by atoms with Gasteiger partial charge < -0.3 is 9.94 Å². The van der Waals surface area contributed by atoms with Crippen LogP contribution in [-0.2, 0) is 6.42 Å². The molecule has 0 spiro atoms. The van der Waals surface area contributed by atoms with Gasteiger partial charge in [0, 0.05) is 5.56 Å². The molecule has 96 valence electrons. The van der Waals surface area contributed by atoms with Crippen molar-refractivity contribution in [3.63, 3.8) is 0 Å². The van der Waals surface area contributed by atoms with Crippen molar-refractivity contribution < 1.29 is 9.94 Å². The Morgan fingerprint density at radius 2 is 1.79 bits per heavy atom. The summed E-state index contributed by atoms with van der Waals surface area (Å²) in [5, 5.41) is 12.5. The highest BCUT2D eigenvalue weighted by atomic mass is 16.5. The maximum absolute atomic E-state index is 9.07. The van der Waals surface area contributed by atoms with Crippen LogP contribution in [0.3, 0.4) is 0 Å². The van der Waals surface area contributed by atoms with Crippen LogP contribution in [0.1, 0.15) is 24.0 Å². The zero-order valence-electron chi connectivity index (χ0n) is 10.5. The molecule has 3 rings (SSSR count). The van der Waals surface area contributed by atoms with Crippen molar-refractivity contribution in [1.82, 2.24) is 0 Å². The molecule has 0 heterocycles. The molecule has 0 saturated carbocycles. The molecule has 3 heteroatoms. The molecule has 2 aromatic carbocycles. The molecular formula is C16H15NO2. The first-order chi connectivity index (χ1) is 9.36. The smallest absolute Gasteiger partial charge is 0.128 e. The van der Waals surface area contributed by atoms with Crippen LogP contribution in [0.4, 0.5) is 0 Å². The van der Waals surface area contributed by atoms with Gasteiger partial charge in [-0.2, -0.15) is 0 Å². The van der Waals surface area contributed by atoms with Crippen molar-refractivity contribution in [3.8, 4) is 11.5 Å². The summed E-state index contributed by atoms with van der Waals surface area (Å²) in [6, 6.07) is 15.6. The number of aryl methyl sites for hydroxylation is 1. The molecule has 19 heavy (non-hydrogen) atoms. The average Bonchev–Trinajstić information content (AvgIpc) is 2.47. The molecule has 1 aliphatic rings. The van der Waals surface area contributed by atoms with Gasteiger partial charge in [-0.1, -0.05) is 29.4 Å². The number of hydrogen-bond acceptors (Lipinski definition) is 3. The molecule has 1 aliphatic carbocycles. The van der Waals surface area contributed by atoms with E-state index in [4.69, 9.17) is 9.94 Å². The molecule has 0 aliphatic heterocycles. The molecule has 1 N–H and O–H groups in total. The van der Waals surface area contributed by atoms with E-state index in [1.54, 1.807) is 0 Å². The Morgan fingerprint density at radius 1 is 0.947 bits per heavy atom. The van der Waals surface area contributed by atoms with Gasteiger partial charge in [0.1, 0.15) is 11.5 Å². The minimum Gasteiger partial charge on any atom is -0.457 e. The van der Waals surface area contributed by atoms with Crippen LogP contribution in [-0.4, -0.2) is 10.9 Å².